The summed E-state index contributed by atoms with van der Waals surface area (Å²) in [5, 5.41) is 22.2. The summed E-state index contributed by atoms with van der Waals surface area (Å²) in [6.45, 7) is 0. The van der Waals surface area contributed by atoms with Crippen LogP contribution in [0.5, 0.6) is 11.5 Å². The van der Waals surface area contributed by atoms with E-state index in [-0.39, 0.29) is 34.8 Å². The van der Waals surface area contributed by atoms with Crippen molar-refractivity contribution in [2.75, 3.05) is 11.9 Å². The summed E-state index contributed by atoms with van der Waals surface area (Å²) in [7, 11) is 0. The van der Waals surface area contributed by atoms with Gasteiger partial charge in [0.25, 0.3) is 0 Å². The molecular weight excluding hydrogens is 420 g/mol. The van der Waals surface area contributed by atoms with Gasteiger partial charge in [-0.1, -0.05) is 0 Å². The maximum Gasteiger partial charge on any atom is 0.310 e. The zero-order valence-electron chi connectivity index (χ0n) is 14.7. The van der Waals surface area contributed by atoms with Crippen molar-refractivity contribution in [2.24, 2.45) is 0 Å². The third kappa shape index (κ3) is 4.46. The van der Waals surface area contributed by atoms with E-state index >= 15 is 0 Å². The highest BCUT2D eigenvalue weighted by atomic mass is 32.1. The lowest BCUT2D eigenvalue weighted by atomic mass is 10.1. The molecule has 0 aliphatic carbocycles. The lowest BCUT2D eigenvalue weighted by Gasteiger charge is -2.06. The number of hydrogen-bond donors (Lipinski definition) is 2. The third-order valence-corrected chi connectivity index (χ3v) is 4.19. The summed E-state index contributed by atoms with van der Waals surface area (Å²) in [5.41, 5.74) is 0.761. The number of nitro benzene ring substituents is 2. The average Bonchev–Trinajstić information content (AvgIpc) is 3.18. The summed E-state index contributed by atoms with van der Waals surface area (Å²) < 4.78 is 16.3. The van der Waals surface area contributed by atoms with Crippen LogP contribution in [-0.2, 0) is 0 Å². The largest absolute Gasteiger partial charge is 0.476 e. The summed E-state index contributed by atoms with van der Waals surface area (Å²) >= 11 is 7.87. The van der Waals surface area contributed by atoms with Crippen molar-refractivity contribution >= 4 is 36.6 Å². The molecule has 0 amide bonds. The van der Waals surface area contributed by atoms with Gasteiger partial charge in [-0.2, -0.15) is 0 Å². The molecule has 3 rings (SSSR count). The summed E-state index contributed by atoms with van der Waals surface area (Å²) in [6.07, 6.45) is 0. The van der Waals surface area contributed by atoms with Crippen LogP contribution in [0.2, 0.25) is 0 Å². The van der Waals surface area contributed by atoms with Crippen molar-refractivity contribution in [3.63, 3.8) is 0 Å². The van der Waals surface area contributed by atoms with E-state index in [0.29, 0.717) is 22.6 Å². The molecule has 9 nitrogen and oxygen atoms in total. The Balaban J connectivity index is 1.97. The van der Waals surface area contributed by atoms with Crippen molar-refractivity contribution in [2.45, 2.75) is 0 Å². The van der Waals surface area contributed by atoms with E-state index in [0.717, 1.165) is 0 Å². The van der Waals surface area contributed by atoms with Crippen molar-refractivity contribution in [3.8, 4) is 34.1 Å². The number of benzene rings is 2. The minimum atomic E-state index is -0.546. The van der Waals surface area contributed by atoms with Gasteiger partial charge in [-0.15, -0.1) is 25.3 Å². The van der Waals surface area contributed by atoms with Crippen LogP contribution < -0.4 is 9.47 Å². The van der Waals surface area contributed by atoms with Crippen LogP contribution in [0.25, 0.3) is 22.6 Å². The monoisotopic (exact) mass is 434 g/mol. The molecule has 0 atom stereocenters. The molecule has 0 aliphatic rings. The zero-order valence-corrected chi connectivity index (χ0v) is 16.5. The average molecular weight is 434 g/mol. The number of ether oxygens (including phenoxy) is 2. The number of thiol groups is 2. The van der Waals surface area contributed by atoms with Gasteiger partial charge in [0.1, 0.15) is 23.4 Å². The molecule has 0 radical (unpaired) electrons. The van der Waals surface area contributed by atoms with Crippen LogP contribution in [0.3, 0.4) is 0 Å². The molecule has 0 saturated carbocycles. The second kappa shape index (κ2) is 8.88. The lowest BCUT2D eigenvalue weighted by Crippen LogP contribution is -1.96. The molecule has 0 fully saturated rings. The minimum absolute atomic E-state index is 0.0234. The van der Waals surface area contributed by atoms with Crippen LogP contribution in [0, 0.1) is 20.2 Å². The first-order valence-electron chi connectivity index (χ1n) is 8.09. The van der Waals surface area contributed by atoms with E-state index < -0.39 is 9.85 Å². The van der Waals surface area contributed by atoms with Crippen molar-refractivity contribution in [1.29, 1.82) is 0 Å². The third-order valence-electron chi connectivity index (χ3n) is 3.93. The number of nitro groups is 2. The molecule has 0 bridgehead atoms. The van der Waals surface area contributed by atoms with Gasteiger partial charge in [0, 0.05) is 23.3 Å². The second-order valence-corrected chi connectivity index (χ2v) is 6.11. The fraction of sp³-hybridized carbons (Fsp3) is 0.111. The molecule has 0 aliphatic heterocycles. The standard InChI is InChI=1S/C18H14N2O7S2/c21-19(22)13-3-1-11(7-17(13)25-9-28)15-5-6-16(27-15)12-2-4-14(20(23)24)18(8-12)26-10-29/h1-8,28-29H,9-10H2. The van der Waals surface area contributed by atoms with Crippen LogP contribution >= 0.6 is 25.3 Å². The predicted octanol–water partition coefficient (Wildman–Crippen LogP) is 4.96. The molecule has 0 unspecified atom stereocenters. The maximum atomic E-state index is 11.1. The molecule has 1 heterocycles. The molecule has 11 heteroatoms. The predicted molar refractivity (Wildman–Crippen MR) is 112 cm³/mol. The van der Waals surface area contributed by atoms with Gasteiger partial charge in [0.2, 0.25) is 0 Å². The Kier molecular flexibility index (Phi) is 6.29. The summed E-state index contributed by atoms with van der Waals surface area (Å²) in [4.78, 5) is 21.1. The Morgan fingerprint density at radius 3 is 1.52 bits per heavy atom. The molecule has 29 heavy (non-hydrogen) atoms. The molecule has 0 saturated heterocycles. The number of hydrogen-bond acceptors (Lipinski definition) is 9. The number of nitrogens with zero attached hydrogens (tertiary/aromatic N) is 2. The van der Waals surface area contributed by atoms with Crippen LogP contribution in [0.1, 0.15) is 0 Å². The van der Waals surface area contributed by atoms with Gasteiger partial charge in [-0.25, -0.2) is 0 Å². The highest BCUT2D eigenvalue weighted by Crippen LogP contribution is 2.37. The number of furan rings is 1. The van der Waals surface area contributed by atoms with E-state index in [1.54, 1.807) is 12.1 Å². The fourth-order valence-electron chi connectivity index (χ4n) is 2.65. The first-order chi connectivity index (χ1) is 13.9. The van der Waals surface area contributed by atoms with Crippen molar-refractivity contribution in [3.05, 3.63) is 68.8 Å². The van der Waals surface area contributed by atoms with Gasteiger partial charge in [-0.3, -0.25) is 20.2 Å². The van der Waals surface area contributed by atoms with Gasteiger partial charge >= 0.3 is 11.4 Å². The number of rotatable bonds is 8. The van der Waals surface area contributed by atoms with E-state index in [2.05, 4.69) is 25.3 Å². The normalized spacial score (nSPS) is 10.6. The van der Waals surface area contributed by atoms with Gasteiger partial charge in [-0.05, 0) is 36.4 Å². The molecule has 150 valence electrons. The maximum absolute atomic E-state index is 11.1. The molecule has 0 spiro atoms. The Morgan fingerprint density at radius 2 is 1.17 bits per heavy atom. The van der Waals surface area contributed by atoms with E-state index in [1.165, 1.54) is 36.4 Å². The fourth-order valence-corrected chi connectivity index (χ4v) is 2.93. The highest BCUT2D eigenvalue weighted by Gasteiger charge is 2.19. The Hall–Kier alpha value is -3.18. The topological polar surface area (TPSA) is 118 Å². The molecule has 3 aromatic rings. The van der Waals surface area contributed by atoms with E-state index in [9.17, 15) is 20.2 Å². The molecule has 1 aromatic heterocycles. The Morgan fingerprint density at radius 1 is 0.759 bits per heavy atom. The molecule has 0 N–H and O–H groups in total. The SMILES string of the molecule is O=[N+]([O-])c1ccc(-c2ccc(-c3ccc([N+](=O)[O-])c(OCS)c3)o2)cc1OCS. The first kappa shape index (κ1) is 20.6. The van der Waals surface area contributed by atoms with Gasteiger partial charge in [0.15, 0.2) is 11.5 Å². The van der Waals surface area contributed by atoms with Crippen LogP contribution in [0.15, 0.2) is 52.9 Å². The van der Waals surface area contributed by atoms with Gasteiger partial charge in [0.05, 0.1) is 9.85 Å². The zero-order chi connectivity index (χ0) is 21.0. The lowest BCUT2D eigenvalue weighted by molar-refractivity contribution is -0.385. The summed E-state index contributed by atoms with van der Waals surface area (Å²) in [6, 6.07) is 12.1. The van der Waals surface area contributed by atoms with Crippen molar-refractivity contribution < 1.29 is 23.7 Å². The van der Waals surface area contributed by atoms with Crippen molar-refractivity contribution in [1.82, 2.24) is 0 Å². The molecular formula is C18H14N2O7S2. The highest BCUT2D eigenvalue weighted by molar-refractivity contribution is 7.80. The quantitative estimate of drug-likeness (QED) is 0.223. The Labute approximate surface area is 175 Å². The summed E-state index contributed by atoms with van der Waals surface area (Å²) in [5.74, 6) is 0.970. The van der Waals surface area contributed by atoms with E-state index in [1.807, 2.05) is 0 Å². The van der Waals surface area contributed by atoms with Gasteiger partial charge < -0.3 is 13.9 Å². The first-order valence-corrected chi connectivity index (χ1v) is 9.36. The van der Waals surface area contributed by atoms with Crippen LogP contribution in [-0.4, -0.2) is 21.7 Å². The molecule has 2 aromatic carbocycles. The smallest absolute Gasteiger partial charge is 0.310 e. The Bertz CT molecular complexity index is 986. The second-order valence-electron chi connectivity index (χ2n) is 5.59. The minimum Gasteiger partial charge on any atom is -0.476 e. The van der Waals surface area contributed by atoms with Crippen LogP contribution in [0.4, 0.5) is 11.4 Å². The van der Waals surface area contributed by atoms with E-state index in [4.69, 9.17) is 13.9 Å².